The van der Waals surface area contributed by atoms with Gasteiger partial charge in [0.25, 0.3) is 0 Å². The van der Waals surface area contributed by atoms with E-state index in [4.69, 9.17) is 5.11 Å². The van der Waals surface area contributed by atoms with Crippen LogP contribution in [0.5, 0.6) is 0 Å². The number of carbonyl (C=O) groups is 1. The maximum atomic E-state index is 11.0. The quantitative estimate of drug-likeness (QED) is 0.869. The van der Waals surface area contributed by atoms with Crippen LogP contribution in [0.3, 0.4) is 0 Å². The molecule has 0 unspecified atom stereocenters. The predicted molar refractivity (Wildman–Crippen MR) is 72.4 cm³/mol. The van der Waals surface area contributed by atoms with Crippen LogP contribution in [0.4, 0.5) is 5.82 Å². The number of anilines is 1. The molecule has 0 saturated carbocycles. The number of aromatic carboxylic acids is 1. The van der Waals surface area contributed by atoms with Crippen molar-refractivity contribution in [1.82, 2.24) is 4.98 Å². The molecule has 0 aliphatic heterocycles. The summed E-state index contributed by atoms with van der Waals surface area (Å²) in [6.45, 7) is 2.52. The molecule has 0 aliphatic carbocycles. The Morgan fingerprint density at radius 2 is 2.28 bits per heavy atom. The number of carboxylic acids is 1. The molecular formula is C13H14N2O2S. The molecule has 2 aromatic heterocycles. The minimum atomic E-state index is -0.958. The van der Waals surface area contributed by atoms with Crippen LogP contribution in [0.1, 0.15) is 21.6 Å². The summed E-state index contributed by atoms with van der Waals surface area (Å²) >= 11 is 1.66. The van der Waals surface area contributed by atoms with Gasteiger partial charge in [0.05, 0.1) is 0 Å². The molecule has 18 heavy (non-hydrogen) atoms. The number of thiophene rings is 1. The molecule has 2 N–H and O–H groups in total. The van der Waals surface area contributed by atoms with E-state index in [9.17, 15) is 4.79 Å². The van der Waals surface area contributed by atoms with Gasteiger partial charge >= 0.3 is 5.97 Å². The van der Waals surface area contributed by atoms with Crippen LogP contribution < -0.4 is 5.32 Å². The standard InChI is InChI=1S/C13H14N2O2S/c1-9-2-3-11(13(16)17)12(15-9)14-6-4-10-5-7-18-8-10/h2-3,5,7-8H,4,6H2,1H3,(H,14,15)(H,16,17). The van der Waals surface area contributed by atoms with Crippen molar-refractivity contribution < 1.29 is 9.90 Å². The van der Waals surface area contributed by atoms with Gasteiger partial charge in [-0.1, -0.05) is 0 Å². The Labute approximate surface area is 109 Å². The molecule has 0 saturated heterocycles. The van der Waals surface area contributed by atoms with Gasteiger partial charge in [-0.3, -0.25) is 0 Å². The smallest absolute Gasteiger partial charge is 0.339 e. The van der Waals surface area contributed by atoms with Crippen molar-refractivity contribution in [3.63, 3.8) is 0 Å². The number of hydrogen-bond acceptors (Lipinski definition) is 4. The van der Waals surface area contributed by atoms with Crippen LogP contribution in [0.15, 0.2) is 29.0 Å². The van der Waals surface area contributed by atoms with Crippen molar-refractivity contribution >= 4 is 23.1 Å². The van der Waals surface area contributed by atoms with Crippen molar-refractivity contribution in [2.45, 2.75) is 13.3 Å². The SMILES string of the molecule is Cc1ccc(C(=O)O)c(NCCc2ccsc2)n1. The van der Waals surface area contributed by atoms with E-state index in [2.05, 4.69) is 21.7 Å². The third-order valence-electron chi connectivity index (χ3n) is 2.55. The molecule has 0 atom stereocenters. The monoisotopic (exact) mass is 262 g/mol. The first kappa shape index (κ1) is 12.6. The summed E-state index contributed by atoms with van der Waals surface area (Å²) in [6, 6.07) is 5.35. The van der Waals surface area contributed by atoms with Crippen LogP contribution in [0, 0.1) is 6.92 Å². The molecule has 0 radical (unpaired) electrons. The number of rotatable bonds is 5. The number of pyridine rings is 1. The van der Waals surface area contributed by atoms with E-state index in [1.54, 1.807) is 23.5 Å². The van der Waals surface area contributed by atoms with Crippen molar-refractivity contribution in [2.24, 2.45) is 0 Å². The van der Waals surface area contributed by atoms with E-state index in [-0.39, 0.29) is 5.56 Å². The fourth-order valence-electron chi connectivity index (χ4n) is 1.62. The zero-order chi connectivity index (χ0) is 13.0. The van der Waals surface area contributed by atoms with Gasteiger partial charge in [0.1, 0.15) is 11.4 Å². The fourth-order valence-corrected chi connectivity index (χ4v) is 2.33. The molecule has 2 rings (SSSR count). The highest BCUT2D eigenvalue weighted by molar-refractivity contribution is 7.07. The minimum absolute atomic E-state index is 0.214. The van der Waals surface area contributed by atoms with E-state index in [0.29, 0.717) is 12.4 Å². The number of nitrogens with zero attached hydrogens (tertiary/aromatic N) is 1. The molecule has 5 heteroatoms. The lowest BCUT2D eigenvalue weighted by atomic mass is 10.2. The summed E-state index contributed by atoms with van der Waals surface area (Å²) in [7, 11) is 0. The van der Waals surface area contributed by atoms with E-state index in [0.717, 1.165) is 12.1 Å². The first-order chi connectivity index (χ1) is 8.66. The molecule has 0 amide bonds. The Hall–Kier alpha value is -1.88. The van der Waals surface area contributed by atoms with Crippen LogP contribution in [0.25, 0.3) is 0 Å². The maximum absolute atomic E-state index is 11.0. The molecule has 0 fully saturated rings. The van der Waals surface area contributed by atoms with E-state index < -0.39 is 5.97 Å². The van der Waals surface area contributed by atoms with Gasteiger partial charge in [-0.25, -0.2) is 9.78 Å². The lowest BCUT2D eigenvalue weighted by molar-refractivity contribution is 0.0697. The van der Waals surface area contributed by atoms with E-state index in [1.165, 1.54) is 5.56 Å². The highest BCUT2D eigenvalue weighted by atomic mass is 32.1. The summed E-state index contributed by atoms with van der Waals surface area (Å²) in [5, 5.41) is 16.3. The van der Waals surface area contributed by atoms with Crippen LogP contribution in [0.2, 0.25) is 0 Å². The lowest BCUT2D eigenvalue weighted by Crippen LogP contribution is -2.11. The van der Waals surface area contributed by atoms with Crippen molar-refractivity contribution in [3.05, 3.63) is 45.8 Å². The Bertz CT molecular complexity index is 538. The highest BCUT2D eigenvalue weighted by Gasteiger charge is 2.10. The lowest BCUT2D eigenvalue weighted by Gasteiger charge is -2.08. The third kappa shape index (κ3) is 3.07. The summed E-state index contributed by atoms with van der Waals surface area (Å²) in [5.41, 5.74) is 2.26. The number of aromatic nitrogens is 1. The number of nitrogens with one attached hydrogen (secondary N) is 1. The van der Waals surface area contributed by atoms with E-state index in [1.807, 2.05) is 12.3 Å². The zero-order valence-electron chi connectivity index (χ0n) is 10.0. The molecule has 4 nitrogen and oxygen atoms in total. The minimum Gasteiger partial charge on any atom is -0.478 e. The van der Waals surface area contributed by atoms with E-state index >= 15 is 0 Å². The second-order valence-electron chi connectivity index (χ2n) is 3.96. The van der Waals surface area contributed by atoms with Crippen LogP contribution in [-0.2, 0) is 6.42 Å². The highest BCUT2D eigenvalue weighted by Crippen LogP contribution is 2.14. The molecule has 94 valence electrons. The summed E-state index contributed by atoms with van der Waals surface area (Å²) in [6.07, 6.45) is 0.859. The van der Waals surface area contributed by atoms with Gasteiger partial charge in [0, 0.05) is 12.2 Å². The normalized spacial score (nSPS) is 10.3. The Kier molecular flexibility index (Phi) is 3.94. The zero-order valence-corrected chi connectivity index (χ0v) is 10.8. The molecule has 2 heterocycles. The summed E-state index contributed by atoms with van der Waals surface area (Å²) in [5.74, 6) is -0.515. The molecule has 0 spiro atoms. The average Bonchev–Trinajstić information content (AvgIpc) is 2.82. The average molecular weight is 262 g/mol. The second kappa shape index (κ2) is 5.64. The van der Waals surface area contributed by atoms with Gasteiger partial charge in [-0.15, -0.1) is 0 Å². The third-order valence-corrected chi connectivity index (χ3v) is 3.28. The first-order valence-electron chi connectivity index (χ1n) is 5.62. The Balaban J connectivity index is 2.03. The predicted octanol–water partition coefficient (Wildman–Crippen LogP) is 2.80. The molecule has 2 aromatic rings. The fraction of sp³-hybridized carbons (Fsp3) is 0.231. The van der Waals surface area contributed by atoms with Gasteiger partial charge < -0.3 is 10.4 Å². The van der Waals surface area contributed by atoms with Crippen LogP contribution >= 0.6 is 11.3 Å². The molecular weight excluding hydrogens is 248 g/mol. The first-order valence-corrected chi connectivity index (χ1v) is 6.57. The van der Waals surface area contributed by atoms with Crippen LogP contribution in [-0.4, -0.2) is 22.6 Å². The maximum Gasteiger partial charge on any atom is 0.339 e. The Morgan fingerprint density at radius 1 is 1.44 bits per heavy atom. The van der Waals surface area contributed by atoms with Gasteiger partial charge in [-0.2, -0.15) is 11.3 Å². The van der Waals surface area contributed by atoms with Crippen molar-refractivity contribution in [1.29, 1.82) is 0 Å². The topological polar surface area (TPSA) is 62.2 Å². The number of hydrogen-bond donors (Lipinski definition) is 2. The number of aryl methyl sites for hydroxylation is 1. The largest absolute Gasteiger partial charge is 0.478 e. The summed E-state index contributed by atoms with van der Waals surface area (Å²) in [4.78, 5) is 15.3. The van der Waals surface area contributed by atoms with Gasteiger partial charge in [-0.05, 0) is 47.9 Å². The van der Waals surface area contributed by atoms with Crippen molar-refractivity contribution in [3.8, 4) is 0 Å². The van der Waals surface area contributed by atoms with Crippen molar-refractivity contribution in [2.75, 3.05) is 11.9 Å². The Morgan fingerprint density at radius 3 is 2.94 bits per heavy atom. The van der Waals surface area contributed by atoms with Gasteiger partial charge in [0.15, 0.2) is 0 Å². The molecule has 0 bridgehead atoms. The molecule has 0 aromatic carbocycles. The summed E-state index contributed by atoms with van der Waals surface area (Å²) < 4.78 is 0. The number of carboxylic acid groups (broad SMARTS) is 1. The second-order valence-corrected chi connectivity index (χ2v) is 4.74. The molecule has 0 aliphatic rings. The van der Waals surface area contributed by atoms with Gasteiger partial charge in [0.2, 0.25) is 0 Å².